The Kier molecular flexibility index (Phi) is 4.97. The molecule has 0 aliphatic carbocycles. The molecular formula is C12H12N2O7. The SMILES string of the molecule is CC(=O)Oc1cccc(C(=O)N(N)C(=O)O)c1OC(C)=O. The van der Waals surface area contributed by atoms with Crippen molar-refractivity contribution in [2.75, 3.05) is 0 Å². The summed E-state index contributed by atoms with van der Waals surface area (Å²) in [6.07, 6.45) is -1.70. The summed E-state index contributed by atoms with van der Waals surface area (Å²) in [5.74, 6) is 1.84. The highest BCUT2D eigenvalue weighted by Crippen LogP contribution is 2.32. The number of esters is 2. The molecule has 0 radical (unpaired) electrons. The zero-order chi connectivity index (χ0) is 16.2. The van der Waals surface area contributed by atoms with Gasteiger partial charge in [-0.05, 0) is 12.1 Å². The minimum atomic E-state index is -1.70. The maximum absolute atomic E-state index is 11.9. The monoisotopic (exact) mass is 296 g/mol. The summed E-state index contributed by atoms with van der Waals surface area (Å²) in [6, 6.07) is 3.77. The Morgan fingerprint density at radius 2 is 1.67 bits per heavy atom. The van der Waals surface area contributed by atoms with Crippen LogP contribution in [-0.4, -0.2) is 34.1 Å². The number of para-hydroxylation sites is 1. The van der Waals surface area contributed by atoms with Crippen LogP contribution in [0.5, 0.6) is 11.5 Å². The quantitative estimate of drug-likeness (QED) is 0.271. The van der Waals surface area contributed by atoms with Crippen molar-refractivity contribution in [2.45, 2.75) is 13.8 Å². The van der Waals surface area contributed by atoms with Crippen LogP contribution in [0, 0.1) is 0 Å². The van der Waals surface area contributed by atoms with Crippen LogP contribution in [0.2, 0.25) is 0 Å². The number of imide groups is 1. The van der Waals surface area contributed by atoms with E-state index < -0.39 is 23.9 Å². The van der Waals surface area contributed by atoms with Crippen LogP contribution in [0.15, 0.2) is 18.2 Å². The number of rotatable bonds is 3. The number of hydrogen-bond acceptors (Lipinski definition) is 7. The van der Waals surface area contributed by atoms with E-state index in [0.29, 0.717) is 0 Å². The maximum Gasteiger partial charge on any atom is 0.429 e. The van der Waals surface area contributed by atoms with Gasteiger partial charge in [-0.2, -0.15) is 5.01 Å². The Labute approximate surface area is 118 Å². The standard InChI is InChI=1S/C12H12N2O7/c1-6(15)20-9-5-3-4-8(10(9)21-7(2)16)11(17)14(13)12(18)19/h3-5H,13H2,1-2H3,(H,18,19). The van der Waals surface area contributed by atoms with Gasteiger partial charge in [0.1, 0.15) is 0 Å². The predicted molar refractivity (Wildman–Crippen MR) is 67.4 cm³/mol. The van der Waals surface area contributed by atoms with E-state index >= 15 is 0 Å². The predicted octanol–water partition coefficient (Wildman–Crippen LogP) is 0.531. The van der Waals surface area contributed by atoms with E-state index in [1.807, 2.05) is 0 Å². The van der Waals surface area contributed by atoms with Crippen molar-refractivity contribution in [2.24, 2.45) is 5.84 Å². The average molecular weight is 296 g/mol. The van der Waals surface area contributed by atoms with Gasteiger partial charge in [-0.3, -0.25) is 14.4 Å². The zero-order valence-corrected chi connectivity index (χ0v) is 11.2. The fourth-order valence-electron chi connectivity index (χ4n) is 1.39. The van der Waals surface area contributed by atoms with Crippen LogP contribution < -0.4 is 15.3 Å². The zero-order valence-electron chi connectivity index (χ0n) is 11.2. The Bertz CT molecular complexity index is 612. The maximum atomic E-state index is 11.9. The van der Waals surface area contributed by atoms with Crippen LogP contribution in [0.25, 0.3) is 0 Å². The van der Waals surface area contributed by atoms with Crippen molar-refractivity contribution in [3.63, 3.8) is 0 Å². The van der Waals surface area contributed by atoms with Crippen molar-refractivity contribution in [3.05, 3.63) is 23.8 Å². The summed E-state index contributed by atoms with van der Waals surface area (Å²) in [7, 11) is 0. The second-order valence-corrected chi connectivity index (χ2v) is 3.78. The van der Waals surface area contributed by atoms with E-state index in [2.05, 4.69) is 0 Å². The molecule has 0 spiro atoms. The van der Waals surface area contributed by atoms with Crippen LogP contribution >= 0.6 is 0 Å². The van der Waals surface area contributed by atoms with Gasteiger partial charge in [-0.15, -0.1) is 0 Å². The number of nitrogens with zero attached hydrogens (tertiary/aromatic N) is 1. The van der Waals surface area contributed by atoms with Crippen molar-refractivity contribution < 1.29 is 33.8 Å². The van der Waals surface area contributed by atoms with Gasteiger partial charge in [0.2, 0.25) is 0 Å². The molecule has 0 aliphatic rings. The van der Waals surface area contributed by atoms with E-state index in [1.54, 1.807) is 0 Å². The smallest absolute Gasteiger partial charge is 0.429 e. The van der Waals surface area contributed by atoms with Crippen LogP contribution in [0.1, 0.15) is 24.2 Å². The molecule has 9 nitrogen and oxygen atoms in total. The van der Waals surface area contributed by atoms with Crippen LogP contribution in [-0.2, 0) is 9.59 Å². The van der Waals surface area contributed by atoms with Crippen molar-refractivity contribution >= 4 is 23.9 Å². The fraction of sp³-hybridized carbons (Fsp3) is 0.167. The molecule has 1 rings (SSSR count). The molecule has 0 saturated heterocycles. The molecule has 0 fully saturated rings. The van der Waals surface area contributed by atoms with Gasteiger partial charge in [-0.1, -0.05) is 6.07 Å². The Hall–Kier alpha value is -2.94. The number of ether oxygens (including phenoxy) is 2. The molecule has 0 unspecified atom stereocenters. The van der Waals surface area contributed by atoms with Gasteiger partial charge in [0.25, 0.3) is 5.91 Å². The molecule has 3 N–H and O–H groups in total. The number of amides is 2. The van der Waals surface area contributed by atoms with Crippen LogP contribution in [0.3, 0.4) is 0 Å². The van der Waals surface area contributed by atoms with Crippen molar-refractivity contribution in [1.82, 2.24) is 5.01 Å². The molecule has 0 atom stereocenters. The minimum absolute atomic E-state index is 0.0835. The number of hydrazine groups is 1. The van der Waals surface area contributed by atoms with E-state index in [0.717, 1.165) is 13.8 Å². The molecule has 0 bridgehead atoms. The van der Waals surface area contributed by atoms with E-state index in [1.165, 1.54) is 18.2 Å². The first-order valence-corrected chi connectivity index (χ1v) is 5.56. The second-order valence-electron chi connectivity index (χ2n) is 3.78. The molecule has 9 heteroatoms. The van der Waals surface area contributed by atoms with Gasteiger partial charge in [-0.25, -0.2) is 10.6 Å². The highest BCUT2D eigenvalue weighted by Gasteiger charge is 2.26. The largest absolute Gasteiger partial charge is 0.464 e. The number of benzene rings is 1. The molecule has 1 aromatic rings. The molecule has 1 aromatic carbocycles. The first kappa shape index (κ1) is 16.1. The second kappa shape index (κ2) is 6.48. The lowest BCUT2D eigenvalue weighted by molar-refractivity contribution is -0.134. The number of nitrogens with two attached hydrogens (primary N) is 1. The highest BCUT2D eigenvalue weighted by molar-refractivity contribution is 6.04. The molecule has 2 amide bonds. The molecule has 21 heavy (non-hydrogen) atoms. The third-order valence-corrected chi connectivity index (χ3v) is 2.13. The molecule has 0 aliphatic heterocycles. The third kappa shape index (κ3) is 4.01. The Balaban J connectivity index is 3.36. The van der Waals surface area contributed by atoms with E-state index in [-0.39, 0.29) is 22.1 Å². The number of carboxylic acid groups (broad SMARTS) is 1. The molecule has 0 heterocycles. The Morgan fingerprint density at radius 1 is 1.10 bits per heavy atom. The lowest BCUT2D eigenvalue weighted by Crippen LogP contribution is -2.41. The average Bonchev–Trinajstić information content (AvgIpc) is 2.37. The van der Waals surface area contributed by atoms with Crippen LogP contribution in [0.4, 0.5) is 4.79 Å². The lowest BCUT2D eigenvalue weighted by Gasteiger charge is -2.15. The third-order valence-electron chi connectivity index (χ3n) is 2.13. The summed E-state index contributed by atoms with van der Waals surface area (Å²) < 4.78 is 9.62. The summed E-state index contributed by atoms with van der Waals surface area (Å²) in [4.78, 5) is 44.7. The van der Waals surface area contributed by atoms with Crippen molar-refractivity contribution in [3.8, 4) is 11.5 Å². The lowest BCUT2D eigenvalue weighted by atomic mass is 10.1. The van der Waals surface area contributed by atoms with Gasteiger partial charge in [0, 0.05) is 13.8 Å². The molecule has 0 saturated carbocycles. The number of carbonyl (C=O) groups is 4. The number of carbonyl (C=O) groups excluding carboxylic acids is 3. The number of hydrogen-bond donors (Lipinski definition) is 2. The molecular weight excluding hydrogens is 284 g/mol. The Morgan fingerprint density at radius 3 is 2.14 bits per heavy atom. The summed E-state index contributed by atoms with van der Waals surface area (Å²) in [6.45, 7) is 2.18. The molecule has 112 valence electrons. The van der Waals surface area contributed by atoms with Crippen molar-refractivity contribution in [1.29, 1.82) is 0 Å². The topological polar surface area (TPSA) is 136 Å². The van der Waals surface area contributed by atoms with Gasteiger partial charge >= 0.3 is 18.0 Å². The van der Waals surface area contributed by atoms with E-state index in [4.69, 9.17) is 20.4 Å². The minimum Gasteiger partial charge on any atom is -0.464 e. The fourth-order valence-corrected chi connectivity index (χ4v) is 1.39. The normalized spacial score (nSPS) is 9.67. The summed E-state index contributed by atoms with van der Waals surface area (Å²) in [5, 5.41) is 8.60. The summed E-state index contributed by atoms with van der Waals surface area (Å²) in [5.41, 5.74) is -0.339. The van der Waals surface area contributed by atoms with Gasteiger partial charge < -0.3 is 14.6 Å². The van der Waals surface area contributed by atoms with E-state index in [9.17, 15) is 19.2 Å². The first-order valence-electron chi connectivity index (χ1n) is 5.56. The highest BCUT2D eigenvalue weighted by atomic mass is 16.6. The first-order chi connectivity index (χ1) is 9.73. The molecule has 0 aromatic heterocycles. The van der Waals surface area contributed by atoms with Gasteiger partial charge in [0.05, 0.1) is 5.56 Å². The summed E-state index contributed by atoms with van der Waals surface area (Å²) >= 11 is 0. The van der Waals surface area contributed by atoms with Gasteiger partial charge in [0.15, 0.2) is 11.5 Å².